The van der Waals surface area contributed by atoms with Crippen molar-refractivity contribution in [3.8, 4) is 0 Å². The van der Waals surface area contributed by atoms with Gasteiger partial charge in [-0.2, -0.15) is 0 Å². The molecule has 2 aliphatic rings. The predicted octanol–water partition coefficient (Wildman–Crippen LogP) is 0.0687. The van der Waals surface area contributed by atoms with Crippen LogP contribution in [0.3, 0.4) is 0 Å². The molecule has 78 valence electrons. The molecule has 4 heteroatoms. The third-order valence-corrected chi connectivity index (χ3v) is 3.24. The molecule has 0 spiro atoms. The average molecular weight is 197 g/mol. The van der Waals surface area contributed by atoms with E-state index >= 15 is 0 Å². The Labute approximate surface area is 83.2 Å². The Hall–Kier alpha value is -0.900. The summed E-state index contributed by atoms with van der Waals surface area (Å²) in [7, 11) is 0. The van der Waals surface area contributed by atoms with Gasteiger partial charge in [-0.1, -0.05) is 0 Å². The molecule has 0 aromatic heterocycles. The van der Waals surface area contributed by atoms with Crippen molar-refractivity contribution < 1.29 is 14.3 Å². The monoisotopic (exact) mass is 197 g/mol. The molecule has 0 aliphatic carbocycles. The fraction of sp³-hybridized carbons (Fsp3) is 0.800. The van der Waals surface area contributed by atoms with Gasteiger partial charge < -0.3 is 9.64 Å². The molecule has 2 saturated heterocycles. The van der Waals surface area contributed by atoms with Crippen LogP contribution in [-0.4, -0.2) is 42.4 Å². The second-order valence-electron chi connectivity index (χ2n) is 4.19. The van der Waals surface area contributed by atoms with Gasteiger partial charge in [0.1, 0.15) is 0 Å². The van der Waals surface area contributed by atoms with E-state index in [-0.39, 0.29) is 23.7 Å². The van der Waals surface area contributed by atoms with E-state index in [2.05, 4.69) is 0 Å². The predicted molar refractivity (Wildman–Crippen MR) is 49.7 cm³/mol. The first-order valence-corrected chi connectivity index (χ1v) is 4.96. The van der Waals surface area contributed by atoms with Gasteiger partial charge in [-0.3, -0.25) is 9.59 Å². The molecule has 1 amide bonds. The van der Waals surface area contributed by atoms with Gasteiger partial charge >= 0.3 is 0 Å². The van der Waals surface area contributed by atoms with E-state index in [1.165, 1.54) is 6.92 Å². The lowest BCUT2D eigenvalue weighted by atomic mass is 9.92. The fourth-order valence-corrected chi connectivity index (χ4v) is 2.59. The van der Waals surface area contributed by atoms with E-state index in [4.69, 9.17) is 4.74 Å². The van der Waals surface area contributed by atoms with Crippen LogP contribution in [0.15, 0.2) is 0 Å². The van der Waals surface area contributed by atoms with Crippen molar-refractivity contribution in [3.05, 3.63) is 0 Å². The van der Waals surface area contributed by atoms with Crippen molar-refractivity contribution in [1.82, 2.24) is 4.90 Å². The highest BCUT2D eigenvalue weighted by Crippen LogP contribution is 2.35. The minimum atomic E-state index is -0.236. The van der Waals surface area contributed by atoms with E-state index < -0.39 is 0 Å². The summed E-state index contributed by atoms with van der Waals surface area (Å²) in [5.41, 5.74) is 0. The van der Waals surface area contributed by atoms with Gasteiger partial charge in [0, 0.05) is 25.3 Å². The number of nitrogens with zero attached hydrogens (tertiary/aromatic N) is 1. The number of hydrogen-bond acceptors (Lipinski definition) is 3. The second kappa shape index (κ2) is 3.35. The van der Waals surface area contributed by atoms with Gasteiger partial charge in [-0.25, -0.2) is 0 Å². The maximum absolute atomic E-state index is 11.5. The Bertz CT molecular complexity index is 277. The summed E-state index contributed by atoms with van der Waals surface area (Å²) in [4.78, 5) is 24.5. The van der Waals surface area contributed by atoms with Crippen LogP contribution in [0.5, 0.6) is 0 Å². The van der Waals surface area contributed by atoms with Crippen molar-refractivity contribution in [1.29, 1.82) is 0 Å². The number of amides is 1. The van der Waals surface area contributed by atoms with Gasteiger partial charge in [0.15, 0.2) is 5.78 Å². The molecule has 2 fully saturated rings. The van der Waals surface area contributed by atoms with E-state index in [9.17, 15) is 9.59 Å². The van der Waals surface area contributed by atoms with Gasteiger partial charge in [-0.15, -0.1) is 0 Å². The molecule has 4 nitrogen and oxygen atoms in total. The van der Waals surface area contributed by atoms with Crippen molar-refractivity contribution in [2.24, 2.45) is 11.8 Å². The lowest BCUT2D eigenvalue weighted by Crippen LogP contribution is -2.42. The molecule has 2 heterocycles. The maximum atomic E-state index is 11.5. The molecular weight excluding hydrogens is 182 g/mol. The molecule has 0 saturated carbocycles. The number of carbonyl (C=O) groups is 2. The maximum Gasteiger partial charge on any atom is 0.220 e. The third kappa shape index (κ3) is 1.34. The molecule has 0 N–H and O–H groups in total. The number of fused-ring (bicyclic) bond motifs is 1. The standard InChI is InChI=1S/C10H15NO3/c1-6(12)10-9-5-14-4-8(9)3-11(10)7(2)13/h8-10H,3-5H2,1-2H3/t8?,9-,10+/m0/s1. The number of rotatable bonds is 1. The van der Waals surface area contributed by atoms with Crippen LogP contribution in [0.25, 0.3) is 0 Å². The number of ether oxygens (including phenoxy) is 1. The highest BCUT2D eigenvalue weighted by Gasteiger charge is 2.47. The molecule has 1 unspecified atom stereocenters. The van der Waals surface area contributed by atoms with E-state index in [1.807, 2.05) is 0 Å². The van der Waals surface area contributed by atoms with Gasteiger partial charge in [0.05, 0.1) is 19.3 Å². The van der Waals surface area contributed by atoms with Crippen molar-refractivity contribution in [2.75, 3.05) is 19.8 Å². The molecular formula is C10H15NO3. The Morgan fingerprint density at radius 3 is 2.57 bits per heavy atom. The van der Waals surface area contributed by atoms with Crippen LogP contribution in [0, 0.1) is 11.8 Å². The molecule has 3 atom stereocenters. The number of likely N-dealkylation sites (tertiary alicyclic amines) is 1. The lowest BCUT2D eigenvalue weighted by Gasteiger charge is -2.23. The quantitative estimate of drug-likeness (QED) is 0.597. The van der Waals surface area contributed by atoms with E-state index in [0.29, 0.717) is 25.7 Å². The Kier molecular flexibility index (Phi) is 2.31. The summed E-state index contributed by atoms with van der Waals surface area (Å²) in [5, 5.41) is 0. The van der Waals surface area contributed by atoms with Gasteiger partial charge in [0.25, 0.3) is 0 Å². The summed E-state index contributed by atoms with van der Waals surface area (Å²) < 4.78 is 5.33. The van der Waals surface area contributed by atoms with E-state index in [1.54, 1.807) is 11.8 Å². The van der Waals surface area contributed by atoms with E-state index in [0.717, 1.165) is 0 Å². The van der Waals surface area contributed by atoms with Crippen LogP contribution in [-0.2, 0) is 14.3 Å². The smallest absolute Gasteiger partial charge is 0.220 e. The summed E-state index contributed by atoms with van der Waals surface area (Å²) in [6.07, 6.45) is 0. The van der Waals surface area contributed by atoms with Crippen molar-refractivity contribution in [3.63, 3.8) is 0 Å². The zero-order valence-corrected chi connectivity index (χ0v) is 8.53. The van der Waals surface area contributed by atoms with Crippen molar-refractivity contribution in [2.45, 2.75) is 19.9 Å². The Morgan fingerprint density at radius 2 is 2.00 bits per heavy atom. The second-order valence-corrected chi connectivity index (χ2v) is 4.19. The highest BCUT2D eigenvalue weighted by atomic mass is 16.5. The number of carbonyl (C=O) groups excluding carboxylic acids is 2. The molecule has 2 aliphatic heterocycles. The van der Waals surface area contributed by atoms with Crippen LogP contribution in [0.1, 0.15) is 13.8 Å². The number of hydrogen-bond donors (Lipinski definition) is 0. The first kappa shape index (κ1) is 9.65. The molecule has 0 aromatic rings. The average Bonchev–Trinajstić information content (AvgIpc) is 2.58. The number of Topliss-reactive ketones (excluding diaryl/α,β-unsaturated/α-hetero) is 1. The van der Waals surface area contributed by atoms with Gasteiger partial charge in [0.2, 0.25) is 5.91 Å². The SMILES string of the molecule is CC(=O)[C@@H]1[C@H]2COCC2CN1C(C)=O. The molecule has 2 rings (SSSR count). The zero-order valence-electron chi connectivity index (χ0n) is 8.53. The highest BCUT2D eigenvalue weighted by molar-refractivity contribution is 5.87. The van der Waals surface area contributed by atoms with Crippen LogP contribution in [0.4, 0.5) is 0 Å². The minimum absolute atomic E-state index is 0.000370. The first-order valence-electron chi connectivity index (χ1n) is 4.96. The lowest BCUT2D eigenvalue weighted by molar-refractivity contribution is -0.136. The molecule has 0 bridgehead atoms. The fourth-order valence-electron chi connectivity index (χ4n) is 2.59. The van der Waals surface area contributed by atoms with Crippen LogP contribution >= 0.6 is 0 Å². The topological polar surface area (TPSA) is 46.6 Å². The number of ketones is 1. The molecule has 0 aromatic carbocycles. The third-order valence-electron chi connectivity index (χ3n) is 3.24. The molecule has 0 radical (unpaired) electrons. The normalized spacial score (nSPS) is 35.9. The zero-order chi connectivity index (χ0) is 10.3. The summed E-state index contributed by atoms with van der Waals surface area (Å²) >= 11 is 0. The summed E-state index contributed by atoms with van der Waals surface area (Å²) in [6, 6.07) is -0.236. The largest absolute Gasteiger partial charge is 0.381 e. The van der Waals surface area contributed by atoms with Gasteiger partial charge in [-0.05, 0) is 6.92 Å². The summed E-state index contributed by atoms with van der Waals surface area (Å²) in [5.74, 6) is 0.682. The van der Waals surface area contributed by atoms with Crippen LogP contribution in [0.2, 0.25) is 0 Å². The van der Waals surface area contributed by atoms with Crippen molar-refractivity contribution >= 4 is 11.7 Å². The Balaban J connectivity index is 2.21. The minimum Gasteiger partial charge on any atom is -0.381 e. The first-order chi connectivity index (χ1) is 6.61. The molecule has 14 heavy (non-hydrogen) atoms. The summed E-state index contributed by atoms with van der Waals surface area (Å²) in [6.45, 7) is 5.08. The Morgan fingerprint density at radius 1 is 1.29 bits per heavy atom. The van der Waals surface area contributed by atoms with Crippen LogP contribution < -0.4 is 0 Å².